The number of fused-ring (bicyclic) bond motifs is 4. The summed E-state index contributed by atoms with van der Waals surface area (Å²) in [5.74, 6) is -0.176. The number of aromatic hydroxyl groups is 2. The van der Waals surface area contributed by atoms with Crippen molar-refractivity contribution in [1.29, 1.82) is 0 Å². The van der Waals surface area contributed by atoms with Crippen LogP contribution in [0.2, 0.25) is 0 Å². The van der Waals surface area contributed by atoms with Crippen LogP contribution in [0.1, 0.15) is 28.9 Å². The number of ether oxygens (including phenoxy) is 4. The molecular formula is C22H24O11. The first-order valence-electron chi connectivity index (χ1n) is 10.4. The van der Waals surface area contributed by atoms with Crippen LogP contribution in [0.3, 0.4) is 0 Å². The fourth-order valence-electron chi connectivity index (χ4n) is 4.41. The van der Waals surface area contributed by atoms with Gasteiger partial charge in [0.15, 0.2) is 17.6 Å². The van der Waals surface area contributed by atoms with Gasteiger partial charge in [0.05, 0.1) is 13.2 Å². The van der Waals surface area contributed by atoms with Crippen LogP contribution in [0.5, 0.6) is 23.0 Å². The van der Waals surface area contributed by atoms with Gasteiger partial charge in [-0.3, -0.25) is 0 Å². The molecule has 11 heteroatoms. The van der Waals surface area contributed by atoms with E-state index in [1.165, 1.54) is 24.3 Å². The molecule has 3 aliphatic heterocycles. The quantitative estimate of drug-likeness (QED) is 0.287. The van der Waals surface area contributed by atoms with Crippen molar-refractivity contribution < 1.29 is 54.7 Å². The maximum atomic E-state index is 10.9. The molecule has 8 unspecified atom stereocenters. The smallest absolute Gasteiger partial charge is 0.229 e. The first-order chi connectivity index (χ1) is 15.8. The van der Waals surface area contributed by atoms with E-state index in [2.05, 4.69) is 0 Å². The molecule has 0 spiro atoms. The van der Waals surface area contributed by atoms with Gasteiger partial charge >= 0.3 is 0 Å². The van der Waals surface area contributed by atoms with Crippen molar-refractivity contribution in [2.24, 2.45) is 0 Å². The van der Waals surface area contributed by atoms with E-state index >= 15 is 0 Å². The molecule has 0 aliphatic carbocycles. The Morgan fingerprint density at radius 3 is 2.42 bits per heavy atom. The number of hydrogen-bond acceptors (Lipinski definition) is 11. The standard InChI is InChI=1S/C22H24O11/c23-6-15-17(27)18(28)19(29)22(33-15)31-9-1-2-10-14(4-9)32-20-11-5-13(25)12(24)3-8(11)7-30-21(20)16(10)26/h1-5,15-29H,6-7H2. The van der Waals surface area contributed by atoms with Crippen LogP contribution in [0.25, 0.3) is 0 Å². The normalized spacial score (nSPS) is 35.1. The van der Waals surface area contributed by atoms with Gasteiger partial charge in [-0.25, -0.2) is 0 Å². The minimum absolute atomic E-state index is 0.123. The van der Waals surface area contributed by atoms with Crippen molar-refractivity contribution in [2.75, 3.05) is 6.61 Å². The van der Waals surface area contributed by atoms with Crippen molar-refractivity contribution in [2.45, 2.75) is 55.6 Å². The topological polar surface area (TPSA) is 179 Å². The first-order valence-corrected chi connectivity index (χ1v) is 10.4. The minimum atomic E-state index is -1.59. The number of rotatable bonds is 3. The van der Waals surface area contributed by atoms with Gasteiger partial charge in [0.25, 0.3) is 0 Å². The zero-order chi connectivity index (χ0) is 23.4. The van der Waals surface area contributed by atoms with Crippen molar-refractivity contribution >= 4 is 0 Å². The van der Waals surface area contributed by atoms with Gasteiger partial charge in [0, 0.05) is 17.2 Å². The molecule has 33 heavy (non-hydrogen) atoms. The lowest BCUT2D eigenvalue weighted by Crippen LogP contribution is -2.60. The van der Waals surface area contributed by atoms with Gasteiger partial charge in [0.1, 0.15) is 48.1 Å². The van der Waals surface area contributed by atoms with Crippen LogP contribution in [0.4, 0.5) is 0 Å². The van der Waals surface area contributed by atoms with Crippen molar-refractivity contribution in [3.63, 3.8) is 0 Å². The lowest BCUT2D eigenvalue weighted by molar-refractivity contribution is -0.277. The molecule has 178 valence electrons. The Kier molecular flexibility index (Phi) is 5.57. The molecule has 11 nitrogen and oxygen atoms in total. The Balaban J connectivity index is 1.42. The van der Waals surface area contributed by atoms with Crippen molar-refractivity contribution in [3.05, 3.63) is 47.0 Å². The molecule has 8 atom stereocenters. The highest BCUT2D eigenvalue weighted by Gasteiger charge is 2.46. The molecule has 0 amide bonds. The van der Waals surface area contributed by atoms with E-state index in [1.54, 1.807) is 6.07 Å². The number of phenolic OH excluding ortho intramolecular Hbond substituents is 2. The van der Waals surface area contributed by atoms with E-state index in [0.717, 1.165) is 0 Å². The van der Waals surface area contributed by atoms with Crippen LogP contribution in [-0.2, 0) is 16.1 Å². The second kappa shape index (κ2) is 8.29. The summed E-state index contributed by atoms with van der Waals surface area (Å²) >= 11 is 0. The fourth-order valence-corrected chi connectivity index (χ4v) is 4.41. The van der Waals surface area contributed by atoms with Crippen LogP contribution < -0.4 is 9.47 Å². The third-order valence-corrected chi connectivity index (χ3v) is 6.24. The van der Waals surface area contributed by atoms with E-state index in [0.29, 0.717) is 16.7 Å². The summed E-state index contributed by atoms with van der Waals surface area (Å²) in [5, 5.41) is 70.0. The monoisotopic (exact) mass is 464 g/mol. The zero-order valence-corrected chi connectivity index (χ0v) is 17.2. The van der Waals surface area contributed by atoms with Gasteiger partial charge in [0.2, 0.25) is 6.29 Å². The molecule has 0 saturated carbocycles. The lowest BCUT2D eigenvalue weighted by atomic mass is 9.87. The van der Waals surface area contributed by atoms with Crippen LogP contribution >= 0.6 is 0 Å². The van der Waals surface area contributed by atoms with Crippen molar-refractivity contribution in [3.8, 4) is 23.0 Å². The molecular weight excluding hydrogens is 440 g/mol. The summed E-state index contributed by atoms with van der Waals surface area (Å²) in [6.45, 7) is -0.465. The summed E-state index contributed by atoms with van der Waals surface area (Å²) < 4.78 is 22.8. The summed E-state index contributed by atoms with van der Waals surface area (Å²) in [6.07, 6.45) is -9.74. The summed E-state index contributed by atoms with van der Waals surface area (Å²) in [5.41, 5.74) is 1.60. The average molecular weight is 464 g/mol. The van der Waals surface area contributed by atoms with Gasteiger partial charge in [-0.2, -0.15) is 0 Å². The Labute approximate surface area is 187 Å². The Hall–Kier alpha value is -2.64. The minimum Gasteiger partial charge on any atom is -0.504 e. The third kappa shape index (κ3) is 3.67. The van der Waals surface area contributed by atoms with E-state index in [9.17, 15) is 35.7 Å². The average Bonchev–Trinajstić information content (AvgIpc) is 2.80. The molecule has 5 rings (SSSR count). The number of phenols is 2. The molecule has 1 fully saturated rings. The Bertz CT molecular complexity index is 1040. The second-order valence-corrected chi connectivity index (χ2v) is 8.31. The summed E-state index contributed by atoms with van der Waals surface area (Å²) in [6, 6.07) is 7.28. The lowest BCUT2D eigenvalue weighted by Gasteiger charge is -2.41. The molecule has 2 aromatic rings. The SMILES string of the molecule is OCC1OC(Oc2ccc3c(c2)OC2c4cc(O)c(O)cc4COC2C3O)C(O)C(O)C1O. The van der Waals surface area contributed by atoms with Crippen LogP contribution in [-0.4, -0.2) is 79.2 Å². The summed E-state index contributed by atoms with van der Waals surface area (Å²) in [7, 11) is 0. The highest BCUT2D eigenvalue weighted by atomic mass is 16.7. The number of benzene rings is 2. The van der Waals surface area contributed by atoms with Crippen LogP contribution in [0.15, 0.2) is 30.3 Å². The van der Waals surface area contributed by atoms with E-state index in [1.807, 2.05) is 0 Å². The third-order valence-electron chi connectivity index (χ3n) is 6.24. The second-order valence-electron chi connectivity index (χ2n) is 8.31. The molecule has 3 heterocycles. The largest absolute Gasteiger partial charge is 0.504 e. The fraction of sp³-hybridized carbons (Fsp3) is 0.455. The zero-order valence-electron chi connectivity index (χ0n) is 17.2. The number of aliphatic hydroxyl groups is 5. The Morgan fingerprint density at radius 2 is 1.67 bits per heavy atom. The first kappa shape index (κ1) is 22.2. The maximum Gasteiger partial charge on any atom is 0.229 e. The highest BCUT2D eigenvalue weighted by molar-refractivity contribution is 5.50. The van der Waals surface area contributed by atoms with E-state index < -0.39 is 55.6 Å². The molecule has 0 bridgehead atoms. The molecule has 3 aliphatic rings. The maximum absolute atomic E-state index is 10.9. The molecule has 0 aromatic heterocycles. The predicted molar refractivity (Wildman–Crippen MR) is 108 cm³/mol. The van der Waals surface area contributed by atoms with Gasteiger partial charge in [-0.05, 0) is 29.8 Å². The van der Waals surface area contributed by atoms with Crippen LogP contribution in [0, 0.1) is 0 Å². The van der Waals surface area contributed by atoms with Gasteiger partial charge in [-0.15, -0.1) is 0 Å². The molecule has 7 N–H and O–H groups in total. The van der Waals surface area contributed by atoms with Gasteiger partial charge < -0.3 is 54.7 Å². The predicted octanol–water partition coefficient (Wildman–Crippen LogP) is -0.658. The summed E-state index contributed by atoms with van der Waals surface area (Å²) in [4.78, 5) is 0. The number of hydrogen-bond donors (Lipinski definition) is 7. The Morgan fingerprint density at radius 1 is 0.909 bits per heavy atom. The van der Waals surface area contributed by atoms with Gasteiger partial charge in [-0.1, -0.05) is 0 Å². The van der Waals surface area contributed by atoms with Crippen molar-refractivity contribution in [1.82, 2.24) is 0 Å². The molecule has 0 radical (unpaired) electrons. The van der Waals surface area contributed by atoms with E-state index in [4.69, 9.17) is 18.9 Å². The van der Waals surface area contributed by atoms with E-state index in [-0.39, 0.29) is 29.6 Å². The molecule has 1 saturated heterocycles. The number of aliphatic hydroxyl groups excluding tert-OH is 5. The molecule has 2 aromatic carbocycles. The highest BCUT2D eigenvalue weighted by Crippen LogP contribution is 2.48.